The number of phenols is 1. The van der Waals surface area contributed by atoms with Crippen molar-refractivity contribution >= 4 is 5.91 Å². The van der Waals surface area contributed by atoms with E-state index in [1.54, 1.807) is 25.3 Å². The number of fused-ring (bicyclic) bond motifs is 1. The second kappa shape index (κ2) is 11.9. The van der Waals surface area contributed by atoms with Gasteiger partial charge >= 0.3 is 0 Å². The van der Waals surface area contributed by atoms with Gasteiger partial charge in [0.25, 0.3) is 5.91 Å². The summed E-state index contributed by atoms with van der Waals surface area (Å²) in [6, 6.07) is 12.5. The Morgan fingerprint density at radius 1 is 1.03 bits per heavy atom. The first-order valence-electron chi connectivity index (χ1n) is 12.7. The minimum atomic E-state index is -0.397. The van der Waals surface area contributed by atoms with Crippen molar-refractivity contribution in [1.29, 1.82) is 0 Å². The maximum atomic E-state index is 13.5. The Bertz CT molecular complexity index is 1180. The van der Waals surface area contributed by atoms with Crippen LogP contribution in [0.4, 0.5) is 0 Å². The van der Waals surface area contributed by atoms with Crippen LogP contribution in [0.1, 0.15) is 67.2 Å². The van der Waals surface area contributed by atoms with Crippen LogP contribution in [0.5, 0.6) is 17.2 Å². The molecule has 1 amide bonds. The van der Waals surface area contributed by atoms with Crippen LogP contribution in [-0.4, -0.2) is 59.6 Å². The first-order valence-corrected chi connectivity index (χ1v) is 12.7. The number of carbonyl (C=O) groups is 1. The third-order valence-corrected chi connectivity index (χ3v) is 6.36. The summed E-state index contributed by atoms with van der Waals surface area (Å²) in [5, 5.41) is 17.9. The van der Waals surface area contributed by atoms with E-state index in [1.165, 1.54) is 0 Å². The fourth-order valence-corrected chi connectivity index (χ4v) is 4.65. The molecule has 1 atom stereocenters. The monoisotopic (exact) mass is 493 g/mol. The van der Waals surface area contributed by atoms with Gasteiger partial charge in [-0.15, -0.1) is 0 Å². The van der Waals surface area contributed by atoms with E-state index in [1.807, 2.05) is 36.1 Å². The molecule has 36 heavy (non-hydrogen) atoms. The van der Waals surface area contributed by atoms with Crippen LogP contribution in [0.25, 0.3) is 11.3 Å². The number of aromatic hydroxyl groups is 1. The zero-order chi connectivity index (χ0) is 25.5. The van der Waals surface area contributed by atoms with E-state index in [-0.39, 0.29) is 11.7 Å². The molecule has 8 heteroatoms. The SMILES string of the molecule is CCCCCOc1ccc([C@H]2c3c(-c4ccccc4O)n[nH]c3C(=O)N2CCCOC)cc1OCC. The van der Waals surface area contributed by atoms with Gasteiger partial charge in [-0.3, -0.25) is 9.89 Å². The van der Waals surface area contributed by atoms with E-state index >= 15 is 0 Å². The van der Waals surface area contributed by atoms with Crippen molar-refractivity contribution in [3.63, 3.8) is 0 Å². The maximum Gasteiger partial charge on any atom is 0.273 e. The molecule has 1 aliphatic heterocycles. The van der Waals surface area contributed by atoms with Crippen LogP contribution < -0.4 is 9.47 Å². The number of aromatic nitrogens is 2. The first-order chi connectivity index (χ1) is 17.6. The van der Waals surface area contributed by atoms with Gasteiger partial charge in [0.1, 0.15) is 17.1 Å². The highest BCUT2D eigenvalue weighted by atomic mass is 16.5. The molecule has 0 spiro atoms. The fraction of sp³-hybridized carbons (Fsp3) is 0.429. The molecule has 192 valence electrons. The number of aromatic amines is 1. The van der Waals surface area contributed by atoms with Crippen molar-refractivity contribution in [1.82, 2.24) is 15.1 Å². The number of nitrogens with zero attached hydrogens (tertiary/aromatic N) is 2. The second-order valence-corrected chi connectivity index (χ2v) is 8.82. The van der Waals surface area contributed by atoms with Gasteiger partial charge in [0, 0.05) is 31.4 Å². The molecule has 0 unspecified atom stereocenters. The van der Waals surface area contributed by atoms with E-state index in [4.69, 9.17) is 14.2 Å². The quantitative estimate of drug-likeness (QED) is 0.312. The predicted molar refractivity (Wildman–Crippen MR) is 138 cm³/mol. The molecule has 0 saturated heterocycles. The second-order valence-electron chi connectivity index (χ2n) is 8.82. The van der Waals surface area contributed by atoms with Gasteiger partial charge in [-0.2, -0.15) is 5.10 Å². The van der Waals surface area contributed by atoms with Crippen LogP contribution >= 0.6 is 0 Å². The average molecular weight is 494 g/mol. The average Bonchev–Trinajstić information content (AvgIpc) is 3.42. The molecule has 2 N–H and O–H groups in total. The highest BCUT2D eigenvalue weighted by Gasteiger charge is 2.42. The third-order valence-electron chi connectivity index (χ3n) is 6.36. The Kier molecular flexibility index (Phi) is 8.48. The number of para-hydroxylation sites is 1. The van der Waals surface area contributed by atoms with Gasteiger partial charge in [-0.1, -0.05) is 38.0 Å². The molecule has 3 aromatic rings. The molecule has 0 saturated carbocycles. The number of nitrogens with one attached hydrogen (secondary N) is 1. The van der Waals surface area contributed by atoms with Gasteiger partial charge < -0.3 is 24.2 Å². The van der Waals surface area contributed by atoms with Crippen molar-refractivity contribution in [2.45, 2.75) is 45.6 Å². The van der Waals surface area contributed by atoms with Crippen molar-refractivity contribution in [2.75, 3.05) is 33.5 Å². The van der Waals surface area contributed by atoms with E-state index in [0.29, 0.717) is 61.2 Å². The van der Waals surface area contributed by atoms with Crippen LogP contribution in [0.2, 0.25) is 0 Å². The van der Waals surface area contributed by atoms with Crippen molar-refractivity contribution < 1.29 is 24.1 Å². The highest BCUT2D eigenvalue weighted by molar-refractivity contribution is 6.00. The molecular weight excluding hydrogens is 458 g/mol. The lowest BCUT2D eigenvalue weighted by Crippen LogP contribution is -2.31. The topological polar surface area (TPSA) is 96.9 Å². The van der Waals surface area contributed by atoms with Crippen LogP contribution in [0.3, 0.4) is 0 Å². The normalized spacial score (nSPS) is 14.8. The Morgan fingerprint density at radius 3 is 2.61 bits per heavy atom. The largest absolute Gasteiger partial charge is 0.507 e. The molecular formula is C28H35N3O5. The van der Waals surface area contributed by atoms with E-state index in [0.717, 1.165) is 30.4 Å². The highest BCUT2D eigenvalue weighted by Crippen LogP contribution is 2.45. The zero-order valence-corrected chi connectivity index (χ0v) is 21.3. The number of rotatable bonds is 13. The number of amides is 1. The summed E-state index contributed by atoms with van der Waals surface area (Å²) in [6.07, 6.45) is 3.92. The lowest BCUT2D eigenvalue weighted by atomic mass is 9.95. The molecule has 0 fully saturated rings. The molecule has 0 bridgehead atoms. The third kappa shape index (κ3) is 5.18. The molecule has 2 aromatic carbocycles. The summed E-state index contributed by atoms with van der Waals surface area (Å²) in [4.78, 5) is 15.3. The minimum Gasteiger partial charge on any atom is -0.507 e. The van der Waals surface area contributed by atoms with Crippen molar-refractivity contribution in [3.05, 3.63) is 59.3 Å². The summed E-state index contributed by atoms with van der Waals surface area (Å²) in [5.74, 6) is 1.33. The lowest BCUT2D eigenvalue weighted by Gasteiger charge is -2.27. The number of carbonyl (C=O) groups excluding carboxylic acids is 1. The number of H-pyrrole nitrogens is 1. The Hall–Kier alpha value is -3.52. The standard InChI is InChI=1S/C28H35N3O5/c1-4-6-9-17-36-22-14-13-19(18-23(22)35-5-2)27-24-25(20-11-7-8-12-21(20)32)29-30-26(24)28(33)31(27)15-10-16-34-3/h7-8,11-14,18,27,32H,4-6,9-10,15-17H2,1-3H3,(H,29,30)/t27-/m0/s1. The number of hydrogen-bond acceptors (Lipinski definition) is 6. The molecule has 1 aliphatic rings. The molecule has 0 radical (unpaired) electrons. The van der Waals surface area contributed by atoms with Gasteiger partial charge in [0.2, 0.25) is 0 Å². The van der Waals surface area contributed by atoms with Gasteiger partial charge in [-0.25, -0.2) is 0 Å². The van der Waals surface area contributed by atoms with E-state index in [9.17, 15) is 9.90 Å². The first kappa shape index (κ1) is 25.6. The Balaban J connectivity index is 1.76. The predicted octanol–water partition coefficient (Wildman–Crippen LogP) is 5.33. The summed E-state index contributed by atoms with van der Waals surface area (Å²) in [6.45, 7) is 6.28. The number of unbranched alkanes of at least 4 members (excludes halogenated alkanes) is 2. The van der Waals surface area contributed by atoms with Crippen molar-refractivity contribution in [3.8, 4) is 28.5 Å². The lowest BCUT2D eigenvalue weighted by molar-refractivity contribution is 0.0723. The summed E-state index contributed by atoms with van der Waals surface area (Å²) < 4.78 is 17.2. The number of methoxy groups -OCH3 is 1. The van der Waals surface area contributed by atoms with E-state index < -0.39 is 6.04 Å². The molecule has 2 heterocycles. The van der Waals surface area contributed by atoms with Gasteiger partial charge in [-0.05, 0) is 49.6 Å². The van der Waals surface area contributed by atoms with Crippen LogP contribution in [0, 0.1) is 0 Å². The number of benzene rings is 2. The Morgan fingerprint density at radius 2 is 1.86 bits per heavy atom. The molecule has 8 nitrogen and oxygen atoms in total. The number of ether oxygens (including phenoxy) is 3. The molecule has 4 rings (SSSR count). The summed E-state index contributed by atoms with van der Waals surface area (Å²) in [7, 11) is 1.65. The fourth-order valence-electron chi connectivity index (χ4n) is 4.65. The maximum absolute atomic E-state index is 13.5. The van der Waals surface area contributed by atoms with Crippen LogP contribution in [0.15, 0.2) is 42.5 Å². The Labute approximate surface area is 212 Å². The van der Waals surface area contributed by atoms with Crippen molar-refractivity contribution in [2.24, 2.45) is 0 Å². The molecule has 0 aliphatic carbocycles. The smallest absolute Gasteiger partial charge is 0.273 e. The van der Waals surface area contributed by atoms with Gasteiger partial charge in [0.15, 0.2) is 11.5 Å². The number of phenolic OH excluding ortho intramolecular Hbond substituents is 1. The van der Waals surface area contributed by atoms with Crippen LogP contribution in [-0.2, 0) is 4.74 Å². The molecule has 1 aromatic heterocycles. The summed E-state index contributed by atoms with van der Waals surface area (Å²) in [5.41, 5.74) is 3.22. The number of hydrogen-bond donors (Lipinski definition) is 2. The minimum absolute atomic E-state index is 0.113. The summed E-state index contributed by atoms with van der Waals surface area (Å²) >= 11 is 0. The zero-order valence-electron chi connectivity index (χ0n) is 21.3. The van der Waals surface area contributed by atoms with Gasteiger partial charge in [0.05, 0.1) is 19.3 Å². The van der Waals surface area contributed by atoms with E-state index in [2.05, 4.69) is 17.1 Å².